The van der Waals surface area contributed by atoms with Crippen LogP contribution in [0.2, 0.25) is 0 Å². The van der Waals surface area contributed by atoms with Gasteiger partial charge in [-0.25, -0.2) is 7.69 Å². The Morgan fingerprint density at radius 1 is 0.476 bits per heavy atom. The van der Waals surface area contributed by atoms with E-state index in [1.165, 1.54) is 61.3 Å². The quantitative estimate of drug-likeness (QED) is 0.496. The van der Waals surface area contributed by atoms with Gasteiger partial charge in [0.2, 0.25) is 0 Å². The van der Waals surface area contributed by atoms with Crippen LogP contribution in [0.25, 0.3) is 0 Å². The minimum Gasteiger partial charge on any atom is -0.900 e. The van der Waals surface area contributed by atoms with Crippen LogP contribution in [-0.2, 0) is 0 Å². The molecule has 4 nitrogen and oxygen atoms in total. The lowest BCUT2D eigenvalue weighted by atomic mass is 10.3. The molecule has 5 heteroatoms. The number of quaternary nitrogens is 2. The second-order valence-electron chi connectivity index (χ2n) is 5.31. The molecule has 0 heterocycles. The van der Waals surface area contributed by atoms with Crippen LogP contribution in [-0.4, -0.2) is 69.0 Å². The van der Waals surface area contributed by atoms with Crippen molar-refractivity contribution in [3.05, 3.63) is 0 Å². The minimum absolute atomic E-state index is 0.500. The first-order chi connectivity index (χ1) is 9.90. The third-order valence-electron chi connectivity index (χ3n) is 5.37. The molecule has 0 rings (SSSR count). The molecule has 0 saturated heterocycles. The minimum atomic E-state index is -0.500. The third-order valence-corrected chi connectivity index (χ3v) is 5.37. The zero-order valence-corrected chi connectivity index (χ0v) is 15.9. The number of hydrogen-bond donors (Lipinski definition) is 0. The van der Waals surface area contributed by atoms with Crippen LogP contribution in [0, 0.1) is 0 Å². The summed E-state index contributed by atoms with van der Waals surface area (Å²) in [6.45, 7) is 28.4. The molecule has 0 aromatic carbocycles. The van der Waals surface area contributed by atoms with Gasteiger partial charge in [-0.05, 0) is 55.4 Å². The molecular weight excluding hydrogens is 263 g/mol. The standard InChI is InChI=1S/2C8H20N.BO2/c2*1-5-9(6-2,7-3)8-4;2-1-3/h2*5-8H2,1-4H3;/q2*+1;-2. The summed E-state index contributed by atoms with van der Waals surface area (Å²) in [7, 11) is -0.500. The van der Waals surface area contributed by atoms with Crippen molar-refractivity contribution >= 4 is 7.69 Å². The Bertz CT molecular complexity index is 142. The lowest BCUT2D eigenvalue weighted by Crippen LogP contribution is -2.47. The second kappa shape index (κ2) is 16.3. The summed E-state index contributed by atoms with van der Waals surface area (Å²) < 4.78 is 2.56. The predicted octanol–water partition coefficient (Wildman–Crippen LogP) is 1.01. The zero-order valence-electron chi connectivity index (χ0n) is 15.9. The Balaban J connectivity index is -0.000000260. The normalized spacial score (nSPS) is 11.0. The van der Waals surface area contributed by atoms with Gasteiger partial charge in [-0.15, -0.1) is 0 Å². The van der Waals surface area contributed by atoms with Gasteiger partial charge < -0.3 is 19.0 Å². The molecule has 129 valence electrons. The van der Waals surface area contributed by atoms with E-state index in [4.69, 9.17) is 10.0 Å². The molecule has 0 bridgehead atoms. The fraction of sp³-hybridized carbons (Fsp3) is 1.00. The van der Waals surface area contributed by atoms with E-state index in [0.29, 0.717) is 0 Å². The van der Waals surface area contributed by atoms with E-state index < -0.39 is 7.69 Å². The summed E-state index contributed by atoms with van der Waals surface area (Å²) in [5.41, 5.74) is 0. The molecule has 0 aliphatic heterocycles. The summed E-state index contributed by atoms with van der Waals surface area (Å²) in [6.07, 6.45) is 0. The maximum Gasteiger partial charge on any atom is 0.0757 e. The molecule has 0 fully saturated rings. The summed E-state index contributed by atoms with van der Waals surface area (Å²) in [5.74, 6) is 0. The van der Waals surface area contributed by atoms with Gasteiger partial charge in [0.15, 0.2) is 0 Å². The van der Waals surface area contributed by atoms with Crippen LogP contribution in [0.5, 0.6) is 0 Å². The van der Waals surface area contributed by atoms with Crippen molar-refractivity contribution in [3.63, 3.8) is 0 Å². The summed E-state index contributed by atoms with van der Waals surface area (Å²) >= 11 is 0. The average molecular weight is 303 g/mol. The highest BCUT2D eigenvalue weighted by molar-refractivity contribution is 6.08. The molecule has 0 unspecified atom stereocenters. The van der Waals surface area contributed by atoms with Crippen molar-refractivity contribution in [2.75, 3.05) is 52.4 Å². The van der Waals surface area contributed by atoms with E-state index in [1.54, 1.807) is 0 Å². The van der Waals surface area contributed by atoms with Gasteiger partial charge in [0.05, 0.1) is 52.4 Å². The Morgan fingerprint density at radius 2 is 0.571 bits per heavy atom. The average Bonchev–Trinajstić information content (AvgIpc) is 2.54. The maximum absolute atomic E-state index is 8.25. The van der Waals surface area contributed by atoms with Gasteiger partial charge in [0.1, 0.15) is 0 Å². The molecule has 0 atom stereocenters. The topological polar surface area (TPSA) is 46.1 Å². The lowest BCUT2D eigenvalue weighted by Gasteiger charge is -2.34. The molecule has 0 aromatic rings. The van der Waals surface area contributed by atoms with Gasteiger partial charge in [0.25, 0.3) is 0 Å². The van der Waals surface area contributed by atoms with Crippen molar-refractivity contribution in [1.29, 1.82) is 0 Å². The monoisotopic (exact) mass is 303 g/mol. The summed E-state index contributed by atoms with van der Waals surface area (Å²) in [4.78, 5) is 0. The highest BCUT2D eigenvalue weighted by atomic mass is 16.4. The van der Waals surface area contributed by atoms with Crippen LogP contribution in [0.15, 0.2) is 0 Å². The number of nitrogens with zero attached hydrogens (tertiary/aromatic N) is 2. The van der Waals surface area contributed by atoms with Crippen LogP contribution >= 0.6 is 0 Å². The Morgan fingerprint density at radius 3 is 0.571 bits per heavy atom. The second-order valence-corrected chi connectivity index (χ2v) is 5.31. The highest BCUT2D eigenvalue weighted by Gasteiger charge is 2.16. The van der Waals surface area contributed by atoms with Gasteiger partial charge in [0, 0.05) is 0 Å². The first-order valence-corrected chi connectivity index (χ1v) is 8.66. The highest BCUT2D eigenvalue weighted by Crippen LogP contribution is 2.03. The predicted molar refractivity (Wildman–Crippen MR) is 90.6 cm³/mol. The third kappa shape index (κ3) is 11.2. The van der Waals surface area contributed by atoms with E-state index in [-0.39, 0.29) is 0 Å². The van der Waals surface area contributed by atoms with Crippen molar-refractivity contribution in [2.45, 2.75) is 55.4 Å². The fourth-order valence-corrected chi connectivity index (χ4v) is 2.68. The molecule has 21 heavy (non-hydrogen) atoms. The van der Waals surface area contributed by atoms with E-state index in [2.05, 4.69) is 55.4 Å². The summed E-state index contributed by atoms with van der Waals surface area (Å²) in [6, 6.07) is 0. The van der Waals surface area contributed by atoms with Crippen molar-refractivity contribution in [3.8, 4) is 0 Å². The lowest BCUT2D eigenvalue weighted by molar-refractivity contribution is -0.921. The Labute approximate surface area is 135 Å². The smallest absolute Gasteiger partial charge is 0.0757 e. The van der Waals surface area contributed by atoms with Crippen LogP contribution in [0.3, 0.4) is 0 Å². The van der Waals surface area contributed by atoms with E-state index in [1.807, 2.05) is 0 Å². The van der Waals surface area contributed by atoms with Gasteiger partial charge in [-0.2, -0.15) is 0 Å². The largest absolute Gasteiger partial charge is 0.900 e. The van der Waals surface area contributed by atoms with Crippen molar-refractivity contribution < 1.29 is 19.0 Å². The molecule has 1 radical (unpaired) electrons. The first-order valence-electron chi connectivity index (χ1n) is 8.66. The molecule has 0 aromatic heterocycles. The first kappa shape index (κ1) is 25.8. The van der Waals surface area contributed by atoms with Crippen LogP contribution in [0.4, 0.5) is 0 Å². The molecule has 0 amide bonds. The number of rotatable bonds is 8. The van der Waals surface area contributed by atoms with E-state index in [0.717, 1.165) is 0 Å². The molecule has 0 spiro atoms. The Kier molecular flexibility index (Phi) is 20.0. The van der Waals surface area contributed by atoms with Crippen molar-refractivity contribution in [1.82, 2.24) is 0 Å². The zero-order chi connectivity index (χ0) is 17.4. The van der Waals surface area contributed by atoms with E-state index >= 15 is 0 Å². The SMILES string of the molecule is CC[N+](CC)(CC)CC.CC[N+](CC)(CC)CC.[O-][B][O-]. The number of hydrogen-bond acceptors (Lipinski definition) is 2. The molecule has 0 aliphatic rings. The molecule has 0 aliphatic carbocycles. The van der Waals surface area contributed by atoms with Gasteiger partial charge >= 0.3 is 0 Å². The molecule has 0 saturated carbocycles. The maximum atomic E-state index is 8.25. The van der Waals surface area contributed by atoms with Gasteiger partial charge in [-0.3, -0.25) is 0 Å². The van der Waals surface area contributed by atoms with Crippen LogP contribution in [0.1, 0.15) is 55.4 Å². The van der Waals surface area contributed by atoms with E-state index in [9.17, 15) is 0 Å². The fourth-order valence-electron chi connectivity index (χ4n) is 2.68. The van der Waals surface area contributed by atoms with Crippen LogP contribution < -0.4 is 10.0 Å². The van der Waals surface area contributed by atoms with Crippen molar-refractivity contribution in [2.24, 2.45) is 0 Å². The summed E-state index contributed by atoms with van der Waals surface area (Å²) in [5, 5.41) is 16.5. The molecular formula is C16H40BN2O2. The Hall–Kier alpha value is -0.0951. The molecule has 0 N–H and O–H groups in total. The van der Waals surface area contributed by atoms with Gasteiger partial charge in [-0.1, -0.05) is 0 Å².